The Kier molecular flexibility index (Phi) is 6.37. The normalized spacial score (nSPS) is 11.4. The van der Waals surface area contributed by atoms with Crippen LogP contribution >= 0.6 is 0 Å². The molecule has 0 amide bonds. The number of benzene rings is 2. The van der Waals surface area contributed by atoms with Gasteiger partial charge in [0.1, 0.15) is 5.75 Å². The van der Waals surface area contributed by atoms with Gasteiger partial charge in [-0.1, -0.05) is 30.3 Å². The van der Waals surface area contributed by atoms with Crippen molar-refractivity contribution in [1.29, 1.82) is 5.41 Å². The Hall–Kier alpha value is -2.82. The summed E-state index contributed by atoms with van der Waals surface area (Å²) in [6.07, 6.45) is 2.22. The number of carbonyl (C=O) groups excluding carboxylic acids is 1. The van der Waals surface area contributed by atoms with E-state index in [1.165, 1.54) is 13.3 Å². The highest BCUT2D eigenvalue weighted by Gasteiger charge is 2.12. The highest BCUT2D eigenvalue weighted by Crippen LogP contribution is 2.26. The van der Waals surface area contributed by atoms with Crippen molar-refractivity contribution in [2.24, 2.45) is 0 Å². The monoisotopic (exact) mass is 326 g/mol. The van der Waals surface area contributed by atoms with Crippen LogP contribution in [-0.4, -0.2) is 32.9 Å². The summed E-state index contributed by atoms with van der Waals surface area (Å²) >= 11 is 0. The zero-order valence-electron chi connectivity index (χ0n) is 13.9. The van der Waals surface area contributed by atoms with Crippen LogP contribution in [0.3, 0.4) is 0 Å². The van der Waals surface area contributed by atoms with Gasteiger partial charge >= 0.3 is 5.97 Å². The summed E-state index contributed by atoms with van der Waals surface area (Å²) in [7, 11) is 2.94. The molecule has 5 nitrogen and oxygen atoms in total. The Morgan fingerprint density at radius 2 is 1.96 bits per heavy atom. The van der Waals surface area contributed by atoms with E-state index in [0.29, 0.717) is 17.9 Å². The molecule has 1 atom stereocenters. The molecule has 0 aliphatic carbocycles. The van der Waals surface area contributed by atoms with Crippen LogP contribution in [0.25, 0.3) is 0 Å². The van der Waals surface area contributed by atoms with Crippen LogP contribution in [0.2, 0.25) is 0 Å². The third-order valence-electron chi connectivity index (χ3n) is 3.82. The fourth-order valence-corrected chi connectivity index (χ4v) is 2.50. The predicted molar refractivity (Wildman–Crippen MR) is 95.4 cm³/mol. The van der Waals surface area contributed by atoms with Crippen LogP contribution < -0.4 is 10.1 Å². The van der Waals surface area contributed by atoms with E-state index in [0.717, 1.165) is 17.7 Å². The van der Waals surface area contributed by atoms with Crippen molar-refractivity contribution in [3.8, 4) is 5.75 Å². The number of methoxy groups -OCH3 is 2. The zero-order chi connectivity index (χ0) is 17.4. The number of esters is 1. The average molecular weight is 326 g/mol. The fourth-order valence-electron chi connectivity index (χ4n) is 2.50. The molecule has 0 radical (unpaired) electrons. The maximum absolute atomic E-state index is 11.7. The van der Waals surface area contributed by atoms with Crippen molar-refractivity contribution in [2.75, 3.05) is 26.1 Å². The molecule has 0 saturated carbocycles. The number of hydrogen-bond acceptors (Lipinski definition) is 5. The quantitative estimate of drug-likeness (QED) is 0.573. The van der Waals surface area contributed by atoms with Crippen molar-refractivity contribution >= 4 is 17.9 Å². The summed E-state index contributed by atoms with van der Waals surface area (Å²) in [6, 6.07) is 15.1. The molecule has 0 aliphatic rings. The highest BCUT2D eigenvalue weighted by molar-refractivity contribution is 5.91. The van der Waals surface area contributed by atoms with Gasteiger partial charge in [0.05, 0.1) is 25.5 Å². The van der Waals surface area contributed by atoms with Gasteiger partial charge in [0.15, 0.2) is 0 Å². The molecule has 1 unspecified atom stereocenters. The Morgan fingerprint density at radius 3 is 2.58 bits per heavy atom. The second-order valence-corrected chi connectivity index (χ2v) is 5.31. The number of anilines is 1. The lowest BCUT2D eigenvalue weighted by Crippen LogP contribution is -2.10. The van der Waals surface area contributed by atoms with E-state index in [2.05, 4.69) is 5.32 Å². The Balaban J connectivity index is 2.05. The van der Waals surface area contributed by atoms with Crippen LogP contribution in [0.5, 0.6) is 5.75 Å². The molecule has 2 N–H and O–H groups in total. The van der Waals surface area contributed by atoms with Crippen LogP contribution in [0.15, 0.2) is 48.5 Å². The van der Waals surface area contributed by atoms with Crippen LogP contribution in [0.1, 0.15) is 28.3 Å². The molecule has 126 valence electrons. The Labute approximate surface area is 142 Å². The van der Waals surface area contributed by atoms with Gasteiger partial charge in [-0.05, 0) is 30.2 Å². The van der Waals surface area contributed by atoms with Gasteiger partial charge in [-0.25, -0.2) is 4.79 Å². The van der Waals surface area contributed by atoms with Crippen molar-refractivity contribution < 1.29 is 14.3 Å². The van der Waals surface area contributed by atoms with E-state index in [1.807, 2.05) is 30.3 Å². The summed E-state index contributed by atoms with van der Waals surface area (Å²) < 4.78 is 10.1. The summed E-state index contributed by atoms with van der Waals surface area (Å²) in [5.41, 5.74) is 2.31. The van der Waals surface area contributed by atoms with Crippen LogP contribution in [0, 0.1) is 5.41 Å². The summed E-state index contributed by atoms with van der Waals surface area (Å²) in [5, 5.41) is 10.9. The van der Waals surface area contributed by atoms with E-state index >= 15 is 0 Å². The molecule has 0 fully saturated rings. The van der Waals surface area contributed by atoms with Crippen LogP contribution in [0.4, 0.5) is 5.69 Å². The molecule has 0 saturated heterocycles. The molecule has 0 aromatic heterocycles. The largest absolute Gasteiger partial charge is 0.495 e. The number of nitrogens with one attached hydrogen (secondary N) is 2. The van der Waals surface area contributed by atoms with Crippen molar-refractivity contribution in [1.82, 2.24) is 0 Å². The molecular formula is C19H22N2O3. The predicted octanol–water partition coefficient (Wildman–Crippen LogP) is 3.72. The lowest BCUT2D eigenvalue weighted by atomic mass is 9.97. The maximum atomic E-state index is 11.7. The molecule has 2 aromatic rings. The van der Waals surface area contributed by atoms with E-state index in [9.17, 15) is 4.79 Å². The van der Waals surface area contributed by atoms with Gasteiger partial charge in [-0.2, -0.15) is 0 Å². The molecule has 2 rings (SSSR count). The molecule has 0 spiro atoms. The first kappa shape index (κ1) is 17.5. The maximum Gasteiger partial charge on any atom is 0.337 e. The average Bonchev–Trinajstić information content (AvgIpc) is 2.65. The molecule has 24 heavy (non-hydrogen) atoms. The smallest absolute Gasteiger partial charge is 0.337 e. The van der Waals surface area contributed by atoms with Gasteiger partial charge in [0, 0.05) is 18.7 Å². The fraction of sp³-hybridized carbons (Fsp3) is 0.263. The third kappa shape index (κ3) is 4.35. The zero-order valence-corrected chi connectivity index (χ0v) is 13.9. The van der Waals surface area contributed by atoms with Crippen LogP contribution in [-0.2, 0) is 4.74 Å². The lowest BCUT2D eigenvalue weighted by Gasteiger charge is -2.15. The van der Waals surface area contributed by atoms with E-state index in [1.54, 1.807) is 25.3 Å². The summed E-state index contributed by atoms with van der Waals surface area (Å²) in [4.78, 5) is 11.7. The molecule has 0 aliphatic heterocycles. The van der Waals surface area contributed by atoms with Gasteiger partial charge < -0.3 is 20.2 Å². The summed E-state index contributed by atoms with van der Waals surface area (Å²) in [5.74, 6) is 0.324. The number of ether oxygens (including phenoxy) is 2. The van der Waals surface area contributed by atoms with Crippen molar-refractivity contribution in [2.45, 2.75) is 12.3 Å². The molecule has 0 heterocycles. The second kappa shape index (κ2) is 8.72. The first-order valence-corrected chi connectivity index (χ1v) is 7.75. The third-order valence-corrected chi connectivity index (χ3v) is 3.82. The SMILES string of the molecule is COC(=O)c1ccc(OC)c(NCCC(C=N)c2ccccc2)c1. The van der Waals surface area contributed by atoms with Gasteiger partial charge in [0.2, 0.25) is 0 Å². The van der Waals surface area contributed by atoms with Gasteiger partial charge in [-0.15, -0.1) is 0 Å². The molecular weight excluding hydrogens is 304 g/mol. The highest BCUT2D eigenvalue weighted by atomic mass is 16.5. The minimum atomic E-state index is -0.387. The molecule has 2 aromatic carbocycles. The second-order valence-electron chi connectivity index (χ2n) is 5.31. The topological polar surface area (TPSA) is 71.4 Å². The summed E-state index contributed by atoms with van der Waals surface area (Å²) in [6.45, 7) is 0.649. The first-order chi connectivity index (χ1) is 11.7. The van der Waals surface area contributed by atoms with E-state index in [4.69, 9.17) is 14.9 Å². The van der Waals surface area contributed by atoms with E-state index in [-0.39, 0.29) is 11.9 Å². The molecule has 0 bridgehead atoms. The Morgan fingerprint density at radius 1 is 1.21 bits per heavy atom. The van der Waals surface area contributed by atoms with Crippen molar-refractivity contribution in [3.63, 3.8) is 0 Å². The standard InChI is InChI=1S/C19H22N2O3/c1-23-18-9-8-15(19(22)24-2)12-17(18)21-11-10-16(13-20)14-6-4-3-5-7-14/h3-9,12-13,16,20-21H,10-11H2,1-2H3. The van der Waals surface area contributed by atoms with Crippen molar-refractivity contribution in [3.05, 3.63) is 59.7 Å². The number of hydrogen-bond donors (Lipinski definition) is 2. The molecule has 5 heteroatoms. The lowest BCUT2D eigenvalue weighted by molar-refractivity contribution is 0.0601. The minimum absolute atomic E-state index is 0.0495. The Bertz CT molecular complexity index is 686. The van der Waals surface area contributed by atoms with E-state index < -0.39 is 0 Å². The number of carbonyl (C=O) groups is 1. The van der Waals surface area contributed by atoms with Gasteiger partial charge in [0.25, 0.3) is 0 Å². The number of rotatable bonds is 8. The van der Waals surface area contributed by atoms with Gasteiger partial charge in [-0.3, -0.25) is 0 Å². The first-order valence-electron chi connectivity index (χ1n) is 7.75. The minimum Gasteiger partial charge on any atom is -0.495 e.